The van der Waals surface area contributed by atoms with Crippen LogP contribution in [0.1, 0.15) is 19.8 Å². The second kappa shape index (κ2) is 8.53. The van der Waals surface area contributed by atoms with Crippen molar-refractivity contribution in [1.29, 1.82) is 0 Å². The first kappa shape index (κ1) is 15.4. The van der Waals surface area contributed by atoms with Crippen LogP contribution in [0.4, 0.5) is 0 Å². The van der Waals surface area contributed by atoms with Gasteiger partial charge in [-0.2, -0.15) is 0 Å². The minimum atomic E-state index is 0.205. The highest BCUT2D eigenvalue weighted by molar-refractivity contribution is 5.70. The van der Waals surface area contributed by atoms with Crippen molar-refractivity contribution in [2.45, 2.75) is 19.8 Å². The number of nitrogens with zero attached hydrogens (tertiary/aromatic N) is 1. The molecule has 96 valence electrons. The van der Waals surface area contributed by atoms with Gasteiger partial charge in [0.15, 0.2) is 0 Å². The van der Waals surface area contributed by atoms with Gasteiger partial charge in [0, 0.05) is 13.0 Å². The third-order valence-corrected chi connectivity index (χ3v) is 2.46. The van der Waals surface area contributed by atoms with Crippen LogP contribution < -0.4 is 9.89 Å². The van der Waals surface area contributed by atoms with Crippen LogP contribution in [0.2, 0.25) is 0 Å². The molecule has 4 nitrogen and oxygen atoms in total. The maximum atomic E-state index is 10.00. The maximum absolute atomic E-state index is 10.00. The Bertz CT molecular complexity index is 192. The van der Waals surface area contributed by atoms with Crippen LogP contribution in [0.3, 0.4) is 0 Å². The zero-order valence-electron chi connectivity index (χ0n) is 11.5. The smallest absolute Gasteiger partial charge is 0.342 e. The summed E-state index contributed by atoms with van der Waals surface area (Å²) in [5.41, 5.74) is 0. The molecule has 0 radical (unpaired) electrons. The zero-order chi connectivity index (χ0) is 12.6. The average molecular weight is 231 g/mol. The van der Waals surface area contributed by atoms with Gasteiger partial charge >= 0.3 is 5.90 Å². The van der Waals surface area contributed by atoms with E-state index in [0.29, 0.717) is 5.90 Å². The number of rotatable bonds is 8. The number of aliphatic hydroxyl groups excluding tert-OH is 1. The van der Waals surface area contributed by atoms with Crippen LogP contribution in [0, 0.1) is 5.92 Å². The fraction of sp³-hybridized carbons (Fsp3) is 0.917. The molecule has 0 aliphatic heterocycles. The van der Waals surface area contributed by atoms with Gasteiger partial charge in [0.2, 0.25) is 0 Å². The lowest BCUT2D eigenvalue weighted by atomic mass is 10.1. The Kier molecular flexibility index (Phi) is 8.21. The van der Waals surface area contributed by atoms with E-state index >= 15 is 0 Å². The number of hydrogen-bond donors (Lipinski definition) is 3. The van der Waals surface area contributed by atoms with Crippen LogP contribution in [0.25, 0.3) is 0 Å². The van der Waals surface area contributed by atoms with Crippen molar-refractivity contribution in [2.24, 2.45) is 5.92 Å². The standard InChI is InChI=1S/C12H27N3O/c1-6-7-8-13-12(16)11(9-14(2)3)10-15(4)5/h11H,6-10H2,1-5H3,(H,13,16)/p+2. The van der Waals surface area contributed by atoms with Crippen LogP contribution in [0.5, 0.6) is 0 Å². The van der Waals surface area contributed by atoms with Gasteiger partial charge in [-0.1, -0.05) is 13.3 Å². The quantitative estimate of drug-likeness (QED) is 0.261. The van der Waals surface area contributed by atoms with Crippen molar-refractivity contribution >= 4 is 5.90 Å². The summed E-state index contributed by atoms with van der Waals surface area (Å²) in [5.74, 6) is 0.653. The van der Waals surface area contributed by atoms with Crippen LogP contribution in [-0.4, -0.2) is 63.7 Å². The van der Waals surface area contributed by atoms with E-state index in [4.69, 9.17) is 0 Å². The predicted molar refractivity (Wildman–Crippen MR) is 68.1 cm³/mol. The molecule has 0 fully saturated rings. The molecule has 0 aliphatic rings. The third-order valence-electron chi connectivity index (χ3n) is 2.46. The Hall–Kier alpha value is -0.610. The van der Waals surface area contributed by atoms with Gasteiger partial charge in [0.25, 0.3) is 0 Å². The lowest BCUT2D eigenvalue weighted by Crippen LogP contribution is -3.07. The first-order valence-electron chi connectivity index (χ1n) is 6.20. The van der Waals surface area contributed by atoms with Gasteiger partial charge in [-0.25, -0.2) is 4.99 Å². The lowest BCUT2D eigenvalue weighted by molar-refractivity contribution is -0.861. The molecule has 0 amide bonds. The van der Waals surface area contributed by atoms with Gasteiger partial charge in [-0.15, -0.1) is 0 Å². The van der Waals surface area contributed by atoms with Crippen LogP contribution in [0.15, 0.2) is 0 Å². The van der Waals surface area contributed by atoms with Crippen molar-refractivity contribution in [3.8, 4) is 0 Å². The SMILES string of the molecule is CCCC[NH+]=C(O)C(CN(C)C)C[NH+](C)C. The Morgan fingerprint density at radius 1 is 1.38 bits per heavy atom. The molecule has 0 aromatic rings. The molecule has 0 aromatic carbocycles. The Labute approximate surface area is 100.0 Å². The summed E-state index contributed by atoms with van der Waals surface area (Å²) in [5, 5.41) is 10.00. The summed E-state index contributed by atoms with van der Waals surface area (Å²) in [6.45, 7) is 4.86. The topological polar surface area (TPSA) is 41.9 Å². The molecular weight excluding hydrogens is 202 g/mol. The number of unbranched alkanes of at least 4 members (excludes halogenated alkanes) is 1. The number of aliphatic hydroxyl groups is 1. The summed E-state index contributed by atoms with van der Waals surface area (Å²) in [6.07, 6.45) is 2.26. The zero-order valence-corrected chi connectivity index (χ0v) is 11.5. The van der Waals surface area contributed by atoms with E-state index in [2.05, 4.69) is 30.9 Å². The molecule has 0 spiro atoms. The largest absolute Gasteiger partial charge is 0.463 e. The number of quaternary nitrogens is 1. The van der Waals surface area contributed by atoms with Gasteiger partial charge in [0.1, 0.15) is 12.5 Å². The lowest BCUT2D eigenvalue weighted by Gasteiger charge is -2.18. The van der Waals surface area contributed by atoms with Crippen molar-refractivity contribution in [3.63, 3.8) is 0 Å². The average Bonchev–Trinajstić information content (AvgIpc) is 2.15. The van der Waals surface area contributed by atoms with Gasteiger partial charge in [0.05, 0.1) is 20.6 Å². The second-order valence-electron chi connectivity index (χ2n) is 5.04. The van der Waals surface area contributed by atoms with Gasteiger partial charge < -0.3 is 14.9 Å². The minimum Gasteiger partial charge on any atom is -0.463 e. The van der Waals surface area contributed by atoms with E-state index in [1.54, 1.807) is 0 Å². The molecule has 0 saturated carbocycles. The third kappa shape index (κ3) is 7.65. The van der Waals surface area contributed by atoms with Crippen molar-refractivity contribution in [1.82, 2.24) is 4.90 Å². The van der Waals surface area contributed by atoms with Crippen molar-refractivity contribution in [3.05, 3.63) is 0 Å². The molecule has 0 aliphatic carbocycles. The summed E-state index contributed by atoms with van der Waals surface area (Å²) in [7, 11) is 8.30. The first-order chi connectivity index (χ1) is 7.47. The second-order valence-corrected chi connectivity index (χ2v) is 5.04. The van der Waals surface area contributed by atoms with E-state index in [0.717, 1.165) is 32.5 Å². The summed E-state index contributed by atoms with van der Waals surface area (Å²) in [6, 6.07) is 0. The van der Waals surface area contributed by atoms with Gasteiger partial charge in [-0.05, 0) is 14.1 Å². The molecule has 4 heteroatoms. The van der Waals surface area contributed by atoms with E-state index in [1.807, 2.05) is 14.1 Å². The normalized spacial score (nSPS) is 14.8. The molecule has 3 N–H and O–H groups in total. The summed E-state index contributed by atoms with van der Waals surface area (Å²) >= 11 is 0. The highest BCUT2D eigenvalue weighted by Crippen LogP contribution is 1.93. The molecule has 0 bridgehead atoms. The fourth-order valence-corrected chi connectivity index (χ4v) is 1.72. The monoisotopic (exact) mass is 231 g/mol. The summed E-state index contributed by atoms with van der Waals surface area (Å²) in [4.78, 5) is 6.60. The predicted octanol–water partition coefficient (Wildman–Crippen LogP) is -1.85. The van der Waals surface area contributed by atoms with E-state index in [1.165, 1.54) is 4.90 Å². The Morgan fingerprint density at radius 2 is 2.00 bits per heavy atom. The van der Waals surface area contributed by atoms with Gasteiger partial charge in [-0.3, -0.25) is 0 Å². The first-order valence-corrected chi connectivity index (χ1v) is 6.20. The molecule has 1 unspecified atom stereocenters. The number of nitrogens with one attached hydrogen (secondary N) is 2. The molecule has 16 heavy (non-hydrogen) atoms. The fourth-order valence-electron chi connectivity index (χ4n) is 1.72. The molecule has 0 saturated heterocycles. The van der Waals surface area contributed by atoms with E-state index in [9.17, 15) is 5.11 Å². The molecular formula is C12H29N3O+2. The molecule has 0 heterocycles. The van der Waals surface area contributed by atoms with Crippen molar-refractivity contribution in [2.75, 3.05) is 47.8 Å². The molecule has 0 aromatic heterocycles. The van der Waals surface area contributed by atoms with E-state index in [-0.39, 0.29) is 5.92 Å². The van der Waals surface area contributed by atoms with Crippen LogP contribution in [-0.2, 0) is 0 Å². The van der Waals surface area contributed by atoms with Crippen molar-refractivity contribution < 1.29 is 15.0 Å². The van der Waals surface area contributed by atoms with E-state index < -0.39 is 0 Å². The molecule has 1 atom stereocenters. The van der Waals surface area contributed by atoms with Crippen LogP contribution >= 0.6 is 0 Å². The molecule has 0 rings (SSSR count). The summed E-state index contributed by atoms with van der Waals surface area (Å²) < 4.78 is 0. The highest BCUT2D eigenvalue weighted by Gasteiger charge is 2.24. The highest BCUT2D eigenvalue weighted by atomic mass is 16.3. The maximum Gasteiger partial charge on any atom is 0.342 e. The Morgan fingerprint density at radius 3 is 2.44 bits per heavy atom. The minimum absolute atomic E-state index is 0.205. The Balaban J connectivity index is 4.30. The number of hydrogen-bond acceptors (Lipinski definition) is 1.